The average Bonchev–Trinajstić information content (AvgIpc) is 1.29. The van der Waals surface area contributed by atoms with Crippen molar-refractivity contribution in [3.8, 4) is 0 Å². The minimum absolute atomic E-state index is 0.0414. The van der Waals surface area contributed by atoms with Crippen LogP contribution in [0.2, 0.25) is 0 Å². The van der Waals surface area contributed by atoms with Gasteiger partial charge in [0.2, 0.25) is 5.91 Å². The lowest BCUT2D eigenvalue weighted by Gasteiger charge is -2.28. The van der Waals surface area contributed by atoms with Gasteiger partial charge in [0, 0.05) is 55.6 Å². The fraction of sp³-hybridized carbons (Fsp3) is 0.571. The summed E-state index contributed by atoms with van der Waals surface area (Å²) in [6.07, 6.45) is 33.3. The number of nitrogens with zero attached hydrogens (tertiary/aromatic N) is 1. The third-order valence-electron chi connectivity index (χ3n) is 15.6. The van der Waals surface area contributed by atoms with Crippen molar-refractivity contribution < 1.29 is 92.8 Å². The molecule has 524 valence electrons. The van der Waals surface area contributed by atoms with E-state index in [4.69, 9.17) is 15.0 Å². The number of guanidine groups is 1. The van der Waals surface area contributed by atoms with Crippen LogP contribution in [0, 0.1) is 29.6 Å². The number of carboxylic acids is 1. The molecule has 1 saturated carbocycles. The Morgan fingerprint density at radius 2 is 1.10 bits per heavy atom. The van der Waals surface area contributed by atoms with Gasteiger partial charge in [-0.2, -0.15) is 8.42 Å². The van der Waals surface area contributed by atoms with Gasteiger partial charge in [0.1, 0.15) is 12.2 Å². The number of hydrogen-bond donors (Lipinski definition) is 15. The molecule has 0 bridgehead atoms. The van der Waals surface area contributed by atoms with E-state index < -0.39 is 114 Å². The van der Waals surface area contributed by atoms with E-state index in [0.29, 0.717) is 37.6 Å². The van der Waals surface area contributed by atoms with E-state index in [1.807, 2.05) is 31.2 Å². The highest BCUT2D eigenvalue weighted by Gasteiger charge is 2.32. The van der Waals surface area contributed by atoms with Gasteiger partial charge in [-0.1, -0.05) is 199 Å². The fourth-order valence-electron chi connectivity index (χ4n) is 9.88. The van der Waals surface area contributed by atoms with E-state index in [0.717, 1.165) is 32.1 Å². The van der Waals surface area contributed by atoms with Crippen LogP contribution in [-0.2, 0) is 29.0 Å². The second-order valence-corrected chi connectivity index (χ2v) is 25.1. The number of nitrogens with one attached hydrogen (secondary N) is 1. The average molecular weight is 1330 g/mol. The van der Waals surface area contributed by atoms with Crippen LogP contribution < -0.4 is 11.1 Å². The Bertz CT molecular complexity index is 2690. The van der Waals surface area contributed by atoms with Crippen molar-refractivity contribution in [2.45, 2.75) is 217 Å². The number of allylic oxidation sites excluding steroid dienone is 16. The molecule has 0 aliphatic heterocycles. The SMILES string of the molecule is C\C(=C/C=C/C=C/CC/C=C/C(C)C(O)C(C)C(O)/C=C/C=C/C=C/C=C/C=C/C=C\C(OS(=O)(=O)O)C(C)C(=O)C(O)CC(O)/C=C/CC(O)CC(O)CC(O)/C=C/CC(O)CC(O)/C=C/CC(O)CC(O)CCCN=C(N)NC(=O)CC1CCCCC1C)C(=O)O. The lowest BCUT2D eigenvalue weighted by Crippen LogP contribution is -2.38. The van der Waals surface area contributed by atoms with Crippen LogP contribution in [0.15, 0.2) is 162 Å². The normalized spacial score (nSPS) is 21.1. The Hall–Kier alpha value is -5.87. The number of aliphatic hydroxyl groups is 11. The first-order valence-electron chi connectivity index (χ1n) is 32.2. The zero-order valence-electron chi connectivity index (χ0n) is 54.7. The molecule has 17 atom stereocenters. The predicted molar refractivity (Wildman–Crippen MR) is 362 cm³/mol. The van der Waals surface area contributed by atoms with E-state index in [-0.39, 0.29) is 68.3 Å². The third-order valence-corrected chi connectivity index (χ3v) is 16.0. The Morgan fingerprint density at radius 1 is 0.602 bits per heavy atom. The quantitative estimate of drug-likeness (QED) is 0.00576. The van der Waals surface area contributed by atoms with Gasteiger partial charge < -0.3 is 67.0 Å². The number of aliphatic imine (C=N–C) groups is 1. The molecule has 0 radical (unpaired) electrons. The number of aliphatic hydroxyl groups excluding tert-OH is 11. The summed E-state index contributed by atoms with van der Waals surface area (Å²) in [5, 5.41) is 127. The van der Waals surface area contributed by atoms with Crippen molar-refractivity contribution in [2.75, 3.05) is 6.54 Å². The molecule has 0 aromatic carbocycles. The Balaban J connectivity index is 2.46. The topological polar surface area (TPSA) is 408 Å². The zero-order chi connectivity index (χ0) is 69.7. The standard InChI is InChI=1S/C70H109N3O19S/c1-49-29-23-24-32-54(49)43-66(84)73-70(71)72-42-28-39-60(79)45-57(76)34-25-33-55(74)44-56(75)35-26-36-58(77)46-62(81)47-59(78)37-27-38-61(80)48-64(83)68(86)53(5)65(92-93(89,90)91)41-22-18-14-9-7-6-8-13-17-21-40-63(82)52(4)67(85)50(2)30-19-15-11-10-12-16-20-31-51(3)69(87)88/h6-10,12-14,16-22,25-27,30-31,33,36,38,40-41,49-50,52-65,67,74-83,85H,11,15,23-24,28-29,32,34-35,37,39,42-48H2,1-5H3,(H,87,88)(H,89,90,91)(H3,71,72,73,84)/b8-6+,9-7+,12-10+,17-13+,18-14+,20-16+,30-19+,33-25+,36-26+,38-27+,40-21+,41-22-,51-31+. The number of carbonyl (C=O) groups is 3. The van der Waals surface area contributed by atoms with Crippen LogP contribution in [0.4, 0.5) is 0 Å². The Kier molecular flexibility index (Phi) is 45.5. The number of ketones is 1. The van der Waals surface area contributed by atoms with Crippen LogP contribution in [0.5, 0.6) is 0 Å². The number of nitrogens with two attached hydrogens (primary N) is 1. The van der Waals surface area contributed by atoms with Gasteiger partial charge in [-0.15, -0.1) is 0 Å². The minimum atomic E-state index is -5.05. The van der Waals surface area contributed by atoms with Crippen molar-refractivity contribution in [1.82, 2.24) is 5.32 Å². The third kappa shape index (κ3) is 43.7. The molecule has 0 aromatic heterocycles. The molecule has 0 spiro atoms. The summed E-state index contributed by atoms with van der Waals surface area (Å²) in [6.45, 7) is 8.89. The summed E-state index contributed by atoms with van der Waals surface area (Å²) < 4.78 is 37.4. The van der Waals surface area contributed by atoms with Gasteiger partial charge in [-0.05, 0) is 83.0 Å². The van der Waals surface area contributed by atoms with E-state index in [1.165, 1.54) is 75.0 Å². The highest BCUT2D eigenvalue weighted by molar-refractivity contribution is 7.80. The van der Waals surface area contributed by atoms with Crippen LogP contribution >= 0.6 is 0 Å². The fourth-order valence-corrected chi connectivity index (χ4v) is 10.4. The summed E-state index contributed by atoms with van der Waals surface area (Å²) in [5.41, 5.74) is 6.12. The number of unbranched alkanes of at least 4 members (excludes halogenated alkanes) is 1. The van der Waals surface area contributed by atoms with E-state index in [9.17, 15) is 83.5 Å². The maximum atomic E-state index is 13.1. The molecule has 1 aliphatic rings. The molecule has 17 unspecified atom stereocenters. The molecule has 16 N–H and O–H groups in total. The van der Waals surface area contributed by atoms with Gasteiger partial charge >= 0.3 is 16.4 Å². The summed E-state index contributed by atoms with van der Waals surface area (Å²) >= 11 is 0. The zero-order valence-corrected chi connectivity index (χ0v) is 55.5. The van der Waals surface area contributed by atoms with Gasteiger partial charge in [0.05, 0.1) is 61.0 Å². The molecule has 0 saturated heterocycles. The predicted octanol–water partition coefficient (Wildman–Crippen LogP) is 6.66. The van der Waals surface area contributed by atoms with Crippen molar-refractivity contribution in [3.05, 3.63) is 157 Å². The number of carboxylic acid groups (broad SMARTS) is 1. The summed E-state index contributed by atoms with van der Waals surface area (Å²) in [5.74, 6) is -3.07. The van der Waals surface area contributed by atoms with Crippen LogP contribution in [0.1, 0.15) is 144 Å². The summed E-state index contributed by atoms with van der Waals surface area (Å²) in [4.78, 5) is 40.5. The monoisotopic (exact) mass is 1330 g/mol. The van der Waals surface area contributed by atoms with E-state index in [1.54, 1.807) is 79.8 Å². The molecule has 93 heavy (non-hydrogen) atoms. The molecular formula is C70H109N3O19S. The Labute approximate surface area is 551 Å². The smallest absolute Gasteiger partial charge is 0.397 e. The van der Waals surface area contributed by atoms with Crippen LogP contribution in [0.3, 0.4) is 0 Å². The van der Waals surface area contributed by atoms with Gasteiger partial charge in [-0.25, -0.2) is 8.98 Å². The summed E-state index contributed by atoms with van der Waals surface area (Å²) in [7, 11) is -5.05. The largest absolute Gasteiger partial charge is 0.478 e. The number of rotatable bonds is 47. The molecule has 0 heterocycles. The van der Waals surface area contributed by atoms with Crippen molar-refractivity contribution in [2.24, 2.45) is 40.3 Å². The first-order chi connectivity index (χ1) is 44.0. The molecular weight excluding hydrogens is 1220 g/mol. The summed E-state index contributed by atoms with van der Waals surface area (Å²) in [6, 6.07) is 0. The maximum Gasteiger partial charge on any atom is 0.397 e. The van der Waals surface area contributed by atoms with Crippen molar-refractivity contribution >= 4 is 34.0 Å². The van der Waals surface area contributed by atoms with Crippen molar-refractivity contribution in [3.63, 3.8) is 0 Å². The van der Waals surface area contributed by atoms with Crippen molar-refractivity contribution in [1.29, 1.82) is 0 Å². The van der Waals surface area contributed by atoms with E-state index in [2.05, 4.69) is 17.2 Å². The lowest BCUT2D eigenvalue weighted by atomic mass is 9.78. The highest BCUT2D eigenvalue weighted by atomic mass is 32.3. The van der Waals surface area contributed by atoms with Gasteiger partial charge in [-0.3, -0.25) is 24.5 Å². The molecule has 1 aliphatic carbocycles. The second kappa shape index (κ2) is 49.6. The maximum absolute atomic E-state index is 13.1. The first kappa shape index (κ1) is 85.1. The number of amides is 1. The molecule has 1 fully saturated rings. The molecule has 1 rings (SSSR count). The lowest BCUT2D eigenvalue weighted by molar-refractivity contribution is -0.134. The number of carbonyl (C=O) groups excluding carboxylic acids is 2. The van der Waals surface area contributed by atoms with Crippen LogP contribution in [-0.4, -0.2) is 178 Å². The Morgan fingerprint density at radius 3 is 1.66 bits per heavy atom. The number of Topliss-reactive ketones (excluding diaryl/α,β-unsaturated/α-hetero) is 1. The highest BCUT2D eigenvalue weighted by Crippen LogP contribution is 2.32. The van der Waals surface area contributed by atoms with Gasteiger partial charge in [0.15, 0.2) is 11.7 Å². The number of aliphatic carboxylic acids is 1. The van der Waals surface area contributed by atoms with Gasteiger partial charge in [0.25, 0.3) is 0 Å². The molecule has 23 heteroatoms. The van der Waals surface area contributed by atoms with Crippen LogP contribution in [0.25, 0.3) is 0 Å². The molecule has 0 aromatic rings. The van der Waals surface area contributed by atoms with E-state index >= 15 is 0 Å². The second-order valence-electron chi connectivity index (χ2n) is 24.0. The first-order valence-corrected chi connectivity index (χ1v) is 33.5. The number of hydrogen-bond acceptors (Lipinski definition) is 18. The molecule has 22 nitrogen and oxygen atoms in total. The minimum Gasteiger partial charge on any atom is -0.478 e. The molecule has 1 amide bonds.